The zero-order valence-electron chi connectivity index (χ0n) is 22.2. The van der Waals surface area contributed by atoms with Crippen molar-refractivity contribution in [3.05, 3.63) is 71.1 Å². The summed E-state index contributed by atoms with van der Waals surface area (Å²) >= 11 is 6.07. The van der Waals surface area contributed by atoms with E-state index in [-0.39, 0.29) is 24.1 Å². The van der Waals surface area contributed by atoms with Gasteiger partial charge < -0.3 is 23.9 Å². The largest absolute Gasteiger partial charge is 0.468 e. The van der Waals surface area contributed by atoms with Crippen LogP contribution >= 0.6 is 11.6 Å². The summed E-state index contributed by atoms with van der Waals surface area (Å²) < 4.78 is 11.0. The fourth-order valence-corrected chi connectivity index (χ4v) is 5.52. The number of likely N-dealkylation sites (tertiary alicyclic amines) is 1. The molecule has 3 aromatic rings. The predicted octanol–water partition coefficient (Wildman–Crippen LogP) is 4.29. The first-order chi connectivity index (χ1) is 18.8. The van der Waals surface area contributed by atoms with E-state index in [1.807, 2.05) is 48.2 Å². The summed E-state index contributed by atoms with van der Waals surface area (Å²) in [6.07, 6.45) is 3.24. The molecule has 3 amide bonds. The number of hydrogen-bond acceptors (Lipinski definition) is 5. The maximum absolute atomic E-state index is 14.0. The van der Waals surface area contributed by atoms with Crippen LogP contribution in [-0.2, 0) is 32.1 Å². The molecule has 206 valence electrons. The quantitative estimate of drug-likeness (QED) is 0.396. The van der Waals surface area contributed by atoms with E-state index in [2.05, 4.69) is 0 Å². The molecule has 0 aliphatic carbocycles. The van der Waals surface area contributed by atoms with Crippen molar-refractivity contribution in [2.75, 3.05) is 39.4 Å². The topological polar surface area (TPSA) is 83.3 Å². The van der Waals surface area contributed by atoms with E-state index in [1.54, 1.807) is 28.2 Å². The first kappa shape index (κ1) is 27.2. The molecule has 5 rings (SSSR count). The van der Waals surface area contributed by atoms with Crippen molar-refractivity contribution in [1.29, 1.82) is 0 Å². The maximum Gasteiger partial charge on any atom is 0.248 e. The fourth-order valence-electron chi connectivity index (χ4n) is 5.40. The van der Waals surface area contributed by atoms with Crippen LogP contribution in [0.5, 0.6) is 0 Å². The van der Waals surface area contributed by atoms with E-state index in [0.717, 1.165) is 16.3 Å². The highest BCUT2D eigenvalue weighted by molar-refractivity contribution is 6.30. The summed E-state index contributed by atoms with van der Waals surface area (Å²) in [7, 11) is 0. The summed E-state index contributed by atoms with van der Waals surface area (Å²) in [4.78, 5) is 45.3. The molecule has 39 heavy (non-hydrogen) atoms. The number of carbonyl (C=O) groups excluding carboxylic acids is 3. The van der Waals surface area contributed by atoms with Gasteiger partial charge in [0.05, 0.1) is 25.9 Å². The smallest absolute Gasteiger partial charge is 0.248 e. The normalized spacial score (nSPS) is 19.1. The van der Waals surface area contributed by atoms with Gasteiger partial charge >= 0.3 is 0 Å². The van der Waals surface area contributed by atoms with Crippen molar-refractivity contribution in [2.45, 2.75) is 44.7 Å². The predicted molar refractivity (Wildman–Crippen MR) is 148 cm³/mol. The minimum absolute atomic E-state index is 0.0783. The summed E-state index contributed by atoms with van der Waals surface area (Å²) in [6, 6.07) is 15.1. The Labute approximate surface area is 233 Å². The lowest BCUT2D eigenvalue weighted by atomic mass is 9.84. The van der Waals surface area contributed by atoms with Crippen molar-refractivity contribution in [3.8, 4) is 0 Å². The van der Waals surface area contributed by atoms with E-state index in [1.165, 1.54) is 0 Å². The van der Waals surface area contributed by atoms with E-state index >= 15 is 0 Å². The van der Waals surface area contributed by atoms with Gasteiger partial charge in [-0.1, -0.05) is 48.0 Å². The lowest BCUT2D eigenvalue weighted by molar-refractivity contribution is -0.164. The van der Waals surface area contributed by atoms with Crippen molar-refractivity contribution in [3.63, 3.8) is 0 Å². The summed E-state index contributed by atoms with van der Waals surface area (Å²) in [5.74, 6) is 0.442. The Morgan fingerprint density at radius 2 is 1.74 bits per heavy atom. The second-order valence-electron chi connectivity index (χ2n) is 10.4. The maximum atomic E-state index is 14.0. The second-order valence-corrected chi connectivity index (χ2v) is 10.9. The average Bonchev–Trinajstić information content (AvgIpc) is 3.35. The van der Waals surface area contributed by atoms with Crippen LogP contribution < -0.4 is 0 Å². The van der Waals surface area contributed by atoms with Gasteiger partial charge in [0.2, 0.25) is 17.7 Å². The minimum atomic E-state index is -0.944. The second kappa shape index (κ2) is 11.8. The highest BCUT2D eigenvalue weighted by Crippen LogP contribution is 2.34. The molecule has 1 atom stereocenters. The van der Waals surface area contributed by atoms with Gasteiger partial charge in [-0.2, -0.15) is 0 Å². The van der Waals surface area contributed by atoms with Gasteiger partial charge in [-0.15, -0.1) is 0 Å². The molecule has 9 heteroatoms. The van der Waals surface area contributed by atoms with Gasteiger partial charge in [0.25, 0.3) is 0 Å². The molecule has 2 aliphatic heterocycles. The molecule has 8 nitrogen and oxygen atoms in total. The standard InChI is InChI=1S/C30H34ClN3O5/c1-30(12-14-34(30)28(36)19-26-25-6-3-2-5-23(25)21-39-26)29(37)33(20-22-8-10-24(31)11-9-22)13-4-7-27(35)32-15-17-38-18-16-32/h2-3,5-6,8-11,21H,4,7,12-20H2,1H3. The Kier molecular flexibility index (Phi) is 8.23. The van der Waals surface area contributed by atoms with E-state index in [9.17, 15) is 14.4 Å². The third kappa shape index (κ3) is 5.97. The Balaban J connectivity index is 1.27. The molecule has 2 aliphatic rings. The molecule has 0 spiro atoms. The van der Waals surface area contributed by atoms with Crippen LogP contribution in [0.25, 0.3) is 10.8 Å². The molecular weight excluding hydrogens is 518 g/mol. The van der Waals surface area contributed by atoms with E-state index < -0.39 is 5.54 Å². The summed E-state index contributed by atoms with van der Waals surface area (Å²) in [5, 5.41) is 2.48. The van der Waals surface area contributed by atoms with Crippen LogP contribution in [0.3, 0.4) is 0 Å². The molecule has 1 aromatic heterocycles. The third-order valence-corrected chi connectivity index (χ3v) is 8.09. The van der Waals surface area contributed by atoms with Crippen LogP contribution in [0.15, 0.2) is 59.2 Å². The molecule has 1 unspecified atom stereocenters. The molecular formula is C30H34ClN3O5. The van der Waals surface area contributed by atoms with Gasteiger partial charge in [-0.05, 0) is 37.5 Å². The number of morpholine rings is 1. The molecule has 0 bridgehead atoms. The molecule has 2 saturated heterocycles. The highest BCUT2D eigenvalue weighted by atomic mass is 35.5. The Bertz CT molecular complexity index is 1330. The van der Waals surface area contributed by atoms with Gasteiger partial charge in [0.15, 0.2) is 0 Å². The molecule has 2 fully saturated rings. The van der Waals surface area contributed by atoms with Crippen LogP contribution in [0, 0.1) is 0 Å². The fraction of sp³-hybridized carbons (Fsp3) is 0.433. The lowest BCUT2D eigenvalue weighted by Crippen LogP contribution is -2.68. The first-order valence-electron chi connectivity index (χ1n) is 13.5. The Morgan fingerprint density at radius 3 is 2.46 bits per heavy atom. The number of rotatable bonds is 9. The minimum Gasteiger partial charge on any atom is -0.468 e. The number of halogens is 1. The summed E-state index contributed by atoms with van der Waals surface area (Å²) in [6.45, 7) is 5.47. The first-order valence-corrected chi connectivity index (χ1v) is 13.9. The Hall–Kier alpha value is -3.36. The SMILES string of the molecule is CC1(C(=O)N(CCCC(=O)N2CCOCC2)Cc2ccc(Cl)cc2)CCN1C(=O)Cc1occ2ccccc12. The lowest BCUT2D eigenvalue weighted by Gasteiger charge is -2.51. The van der Waals surface area contributed by atoms with Gasteiger partial charge in [-0.3, -0.25) is 14.4 Å². The van der Waals surface area contributed by atoms with E-state index in [0.29, 0.717) is 76.0 Å². The van der Waals surface area contributed by atoms with Crippen LogP contribution in [0.4, 0.5) is 0 Å². The van der Waals surface area contributed by atoms with Gasteiger partial charge in [0.1, 0.15) is 11.3 Å². The zero-order chi connectivity index (χ0) is 27.4. The summed E-state index contributed by atoms with van der Waals surface area (Å²) in [5.41, 5.74) is -0.00440. The molecule has 0 radical (unpaired) electrons. The number of furan rings is 1. The Morgan fingerprint density at radius 1 is 1.00 bits per heavy atom. The van der Waals surface area contributed by atoms with Gasteiger partial charge in [-0.25, -0.2) is 0 Å². The number of benzene rings is 2. The molecule has 2 aromatic carbocycles. The van der Waals surface area contributed by atoms with Crippen molar-refractivity contribution < 1.29 is 23.5 Å². The number of ether oxygens (including phenoxy) is 1. The zero-order valence-corrected chi connectivity index (χ0v) is 23.0. The molecule has 0 saturated carbocycles. The van der Waals surface area contributed by atoms with Crippen molar-refractivity contribution >= 4 is 40.1 Å². The van der Waals surface area contributed by atoms with Crippen LogP contribution in [-0.4, -0.2) is 77.4 Å². The number of amides is 3. The van der Waals surface area contributed by atoms with Crippen LogP contribution in [0.1, 0.15) is 37.5 Å². The number of hydrogen-bond donors (Lipinski definition) is 0. The van der Waals surface area contributed by atoms with Crippen LogP contribution in [0.2, 0.25) is 5.02 Å². The molecule has 0 N–H and O–H groups in total. The monoisotopic (exact) mass is 551 g/mol. The van der Waals surface area contributed by atoms with Crippen molar-refractivity contribution in [1.82, 2.24) is 14.7 Å². The number of carbonyl (C=O) groups is 3. The van der Waals surface area contributed by atoms with Crippen molar-refractivity contribution in [2.24, 2.45) is 0 Å². The molecule has 3 heterocycles. The average molecular weight is 552 g/mol. The number of nitrogens with zero attached hydrogens (tertiary/aromatic N) is 3. The third-order valence-electron chi connectivity index (χ3n) is 7.84. The highest BCUT2D eigenvalue weighted by Gasteiger charge is 2.51. The van der Waals surface area contributed by atoms with Gasteiger partial charge in [0, 0.05) is 54.9 Å². The number of fused-ring (bicyclic) bond motifs is 1. The van der Waals surface area contributed by atoms with E-state index in [4.69, 9.17) is 20.8 Å².